The Morgan fingerprint density at radius 3 is 2.62 bits per heavy atom. The summed E-state index contributed by atoms with van der Waals surface area (Å²) < 4.78 is 7.54. The van der Waals surface area contributed by atoms with E-state index in [-0.39, 0.29) is 11.6 Å². The lowest BCUT2D eigenvalue weighted by molar-refractivity contribution is 0.102. The quantitative estimate of drug-likeness (QED) is 0.546. The second-order valence-electron chi connectivity index (χ2n) is 6.45. The highest BCUT2D eigenvalue weighted by Crippen LogP contribution is 2.22. The Kier molecular flexibility index (Phi) is 5.29. The molecule has 0 aliphatic heterocycles. The number of carbonyl (C=O) groups is 1. The highest BCUT2D eigenvalue weighted by Gasteiger charge is 2.11. The standard InChI is InChI=1S/C22H19N5O2/c1-16-13-18(29-14-17-5-3-2-4-6-17)7-8-19(16)24-22(28)20-9-10-21(26-25-20)27-12-11-23-15-27/h2-13,15H,14H2,1H3,(H,24,28). The third-order valence-electron chi connectivity index (χ3n) is 4.35. The molecule has 2 heterocycles. The van der Waals surface area contributed by atoms with Crippen LogP contribution in [-0.2, 0) is 6.61 Å². The van der Waals surface area contributed by atoms with Crippen molar-refractivity contribution in [1.82, 2.24) is 19.7 Å². The molecule has 0 aliphatic carbocycles. The van der Waals surface area contributed by atoms with E-state index in [0.717, 1.165) is 16.9 Å². The van der Waals surface area contributed by atoms with Crippen molar-refractivity contribution in [3.05, 3.63) is 96.2 Å². The van der Waals surface area contributed by atoms with Crippen molar-refractivity contribution in [3.8, 4) is 11.6 Å². The van der Waals surface area contributed by atoms with Gasteiger partial charge in [-0.2, -0.15) is 0 Å². The number of aromatic nitrogens is 4. The zero-order chi connectivity index (χ0) is 20.1. The van der Waals surface area contributed by atoms with E-state index in [1.807, 2.05) is 55.5 Å². The predicted octanol–water partition coefficient (Wildman–Crippen LogP) is 3.80. The number of benzene rings is 2. The maximum Gasteiger partial charge on any atom is 0.276 e. The predicted molar refractivity (Wildman–Crippen MR) is 109 cm³/mol. The van der Waals surface area contributed by atoms with Crippen LogP contribution in [0.15, 0.2) is 79.4 Å². The number of amides is 1. The average molecular weight is 385 g/mol. The van der Waals surface area contributed by atoms with Crippen LogP contribution in [0.1, 0.15) is 21.6 Å². The molecule has 29 heavy (non-hydrogen) atoms. The van der Waals surface area contributed by atoms with Gasteiger partial charge in [0, 0.05) is 18.1 Å². The van der Waals surface area contributed by atoms with Gasteiger partial charge >= 0.3 is 0 Å². The maximum atomic E-state index is 12.5. The molecule has 0 radical (unpaired) electrons. The summed E-state index contributed by atoms with van der Waals surface area (Å²) in [6.07, 6.45) is 5.03. The van der Waals surface area contributed by atoms with E-state index >= 15 is 0 Å². The fourth-order valence-electron chi connectivity index (χ4n) is 2.77. The fraction of sp³-hybridized carbons (Fsp3) is 0.0909. The molecule has 1 amide bonds. The van der Waals surface area contributed by atoms with Crippen molar-refractivity contribution in [3.63, 3.8) is 0 Å². The molecule has 0 aliphatic rings. The normalized spacial score (nSPS) is 10.5. The second kappa shape index (κ2) is 8.35. The zero-order valence-electron chi connectivity index (χ0n) is 15.8. The van der Waals surface area contributed by atoms with E-state index in [0.29, 0.717) is 18.1 Å². The molecule has 4 rings (SSSR count). The van der Waals surface area contributed by atoms with Crippen LogP contribution in [0.4, 0.5) is 5.69 Å². The number of anilines is 1. The van der Waals surface area contributed by atoms with Crippen LogP contribution < -0.4 is 10.1 Å². The molecule has 0 bridgehead atoms. The summed E-state index contributed by atoms with van der Waals surface area (Å²) in [4.78, 5) is 16.5. The molecule has 0 atom stereocenters. The van der Waals surface area contributed by atoms with Crippen molar-refractivity contribution in [2.75, 3.05) is 5.32 Å². The molecular formula is C22H19N5O2. The third-order valence-corrected chi connectivity index (χ3v) is 4.35. The van der Waals surface area contributed by atoms with Crippen molar-refractivity contribution < 1.29 is 9.53 Å². The van der Waals surface area contributed by atoms with Gasteiger partial charge in [0.25, 0.3) is 5.91 Å². The van der Waals surface area contributed by atoms with Gasteiger partial charge in [0.05, 0.1) is 0 Å². The Morgan fingerprint density at radius 2 is 1.93 bits per heavy atom. The number of ether oxygens (including phenoxy) is 1. The van der Waals surface area contributed by atoms with Gasteiger partial charge in [-0.05, 0) is 48.4 Å². The summed E-state index contributed by atoms with van der Waals surface area (Å²) in [5.74, 6) is 1.01. The lowest BCUT2D eigenvalue weighted by Gasteiger charge is -2.11. The van der Waals surface area contributed by atoms with Gasteiger partial charge in [-0.25, -0.2) is 4.98 Å². The lowest BCUT2D eigenvalue weighted by Crippen LogP contribution is -2.15. The van der Waals surface area contributed by atoms with E-state index in [1.54, 1.807) is 35.4 Å². The maximum absolute atomic E-state index is 12.5. The van der Waals surface area contributed by atoms with E-state index in [4.69, 9.17) is 4.74 Å². The van der Waals surface area contributed by atoms with Crippen LogP contribution in [0.2, 0.25) is 0 Å². The summed E-state index contributed by atoms with van der Waals surface area (Å²) >= 11 is 0. The minimum atomic E-state index is -0.323. The van der Waals surface area contributed by atoms with E-state index in [2.05, 4.69) is 20.5 Å². The first-order valence-electron chi connectivity index (χ1n) is 9.10. The minimum Gasteiger partial charge on any atom is -0.489 e. The average Bonchev–Trinajstić information content (AvgIpc) is 3.30. The largest absolute Gasteiger partial charge is 0.489 e. The molecule has 0 saturated carbocycles. The van der Waals surface area contributed by atoms with Crippen LogP contribution in [0.5, 0.6) is 5.75 Å². The third kappa shape index (κ3) is 4.47. The van der Waals surface area contributed by atoms with Crippen molar-refractivity contribution in [2.24, 2.45) is 0 Å². The number of rotatable bonds is 6. The summed E-state index contributed by atoms with van der Waals surface area (Å²) in [5, 5.41) is 10.9. The topological polar surface area (TPSA) is 81.9 Å². The molecule has 0 saturated heterocycles. The summed E-state index contributed by atoms with van der Waals surface area (Å²) in [6.45, 7) is 2.41. The van der Waals surface area contributed by atoms with Gasteiger partial charge in [0.1, 0.15) is 18.7 Å². The van der Waals surface area contributed by atoms with Crippen LogP contribution in [0.25, 0.3) is 5.82 Å². The minimum absolute atomic E-state index is 0.234. The Balaban J connectivity index is 1.40. The van der Waals surface area contributed by atoms with Gasteiger partial charge in [0.15, 0.2) is 11.5 Å². The van der Waals surface area contributed by atoms with Gasteiger partial charge in [-0.15, -0.1) is 10.2 Å². The Morgan fingerprint density at radius 1 is 1.07 bits per heavy atom. The number of hydrogen-bond donors (Lipinski definition) is 1. The number of nitrogens with one attached hydrogen (secondary N) is 1. The number of imidazole rings is 1. The SMILES string of the molecule is Cc1cc(OCc2ccccc2)ccc1NC(=O)c1ccc(-n2ccnc2)nn1. The molecular weight excluding hydrogens is 366 g/mol. The molecule has 144 valence electrons. The monoisotopic (exact) mass is 385 g/mol. The highest BCUT2D eigenvalue weighted by atomic mass is 16.5. The Bertz CT molecular complexity index is 1090. The summed E-state index contributed by atoms with van der Waals surface area (Å²) in [6, 6.07) is 18.9. The van der Waals surface area contributed by atoms with Gasteiger partial charge in [-0.1, -0.05) is 30.3 Å². The molecule has 7 heteroatoms. The van der Waals surface area contributed by atoms with Crippen LogP contribution >= 0.6 is 0 Å². The Hall–Kier alpha value is -4.00. The number of aryl methyl sites for hydroxylation is 1. The molecule has 4 aromatic rings. The van der Waals surface area contributed by atoms with Gasteiger partial charge in [-0.3, -0.25) is 9.36 Å². The van der Waals surface area contributed by atoms with Gasteiger partial charge in [0.2, 0.25) is 0 Å². The molecule has 0 spiro atoms. The van der Waals surface area contributed by atoms with Crippen LogP contribution in [-0.4, -0.2) is 25.7 Å². The number of carbonyl (C=O) groups excluding carboxylic acids is 1. The Labute approximate surface area is 168 Å². The van der Waals surface area contributed by atoms with Crippen molar-refractivity contribution in [2.45, 2.75) is 13.5 Å². The lowest BCUT2D eigenvalue weighted by atomic mass is 10.2. The molecule has 2 aromatic carbocycles. The number of hydrogen-bond acceptors (Lipinski definition) is 5. The second-order valence-corrected chi connectivity index (χ2v) is 6.45. The smallest absolute Gasteiger partial charge is 0.276 e. The first kappa shape index (κ1) is 18.4. The van der Waals surface area contributed by atoms with Crippen LogP contribution in [0, 0.1) is 6.92 Å². The zero-order valence-corrected chi connectivity index (χ0v) is 15.8. The molecule has 2 aromatic heterocycles. The summed E-state index contributed by atoms with van der Waals surface area (Å²) in [7, 11) is 0. The van der Waals surface area contributed by atoms with E-state index < -0.39 is 0 Å². The van der Waals surface area contributed by atoms with Gasteiger partial charge < -0.3 is 10.1 Å². The molecule has 7 nitrogen and oxygen atoms in total. The van der Waals surface area contributed by atoms with E-state index in [9.17, 15) is 4.79 Å². The molecule has 1 N–H and O–H groups in total. The van der Waals surface area contributed by atoms with Crippen molar-refractivity contribution >= 4 is 11.6 Å². The van der Waals surface area contributed by atoms with E-state index in [1.165, 1.54) is 0 Å². The van der Waals surface area contributed by atoms with Crippen LogP contribution in [0.3, 0.4) is 0 Å². The van der Waals surface area contributed by atoms with Crippen molar-refractivity contribution in [1.29, 1.82) is 0 Å². The first-order chi connectivity index (χ1) is 14.2. The number of nitrogens with zero attached hydrogens (tertiary/aromatic N) is 4. The summed E-state index contributed by atoms with van der Waals surface area (Å²) in [5.41, 5.74) is 2.92. The first-order valence-corrected chi connectivity index (χ1v) is 9.10. The molecule has 0 unspecified atom stereocenters. The fourth-order valence-corrected chi connectivity index (χ4v) is 2.77. The highest BCUT2D eigenvalue weighted by molar-refractivity contribution is 6.03. The molecule has 0 fully saturated rings.